The molecule has 2 heteroatoms. The van der Waals surface area contributed by atoms with Gasteiger partial charge in [0, 0.05) is 23.6 Å². The molecule has 2 N–H and O–H groups in total. The third-order valence-corrected chi connectivity index (χ3v) is 3.02. The van der Waals surface area contributed by atoms with E-state index in [1.807, 2.05) is 0 Å². The van der Waals surface area contributed by atoms with E-state index in [0.717, 1.165) is 19.4 Å². The van der Waals surface area contributed by atoms with E-state index in [1.54, 1.807) is 0 Å². The summed E-state index contributed by atoms with van der Waals surface area (Å²) in [6.07, 6.45) is 2.15. The Labute approximate surface area is 90.7 Å². The Hall–Kier alpha value is -1.28. The average Bonchev–Trinajstić information content (AvgIpc) is 2.52. The second-order valence-corrected chi connectivity index (χ2v) is 4.13. The lowest BCUT2D eigenvalue weighted by molar-refractivity contribution is 0.833. The van der Waals surface area contributed by atoms with Crippen molar-refractivity contribution >= 4 is 10.9 Å². The van der Waals surface area contributed by atoms with Crippen molar-refractivity contribution in [2.75, 3.05) is 6.54 Å². The quantitative estimate of drug-likeness (QED) is 0.814. The Bertz CT molecular complexity index is 469. The van der Waals surface area contributed by atoms with Gasteiger partial charge in [-0.05, 0) is 50.1 Å². The highest BCUT2D eigenvalue weighted by Gasteiger charge is 2.02. The number of hydrogen-bond donors (Lipinski definition) is 1. The molecule has 80 valence electrons. The van der Waals surface area contributed by atoms with Gasteiger partial charge in [-0.25, -0.2) is 0 Å². The lowest BCUT2D eigenvalue weighted by Gasteiger charge is -2.02. The number of nitrogens with zero attached hydrogens (tertiary/aromatic N) is 1. The summed E-state index contributed by atoms with van der Waals surface area (Å²) < 4.78 is 2.22. The summed E-state index contributed by atoms with van der Waals surface area (Å²) in [4.78, 5) is 0. The fourth-order valence-electron chi connectivity index (χ4n) is 2.00. The van der Waals surface area contributed by atoms with E-state index < -0.39 is 0 Å². The SMILES string of the molecule is Cc1cc2cc(CCCN)ccc2n1C. The molecule has 0 aliphatic carbocycles. The second kappa shape index (κ2) is 4.07. The van der Waals surface area contributed by atoms with Gasteiger partial charge >= 0.3 is 0 Å². The maximum absolute atomic E-state index is 5.51. The van der Waals surface area contributed by atoms with Crippen molar-refractivity contribution in [3.63, 3.8) is 0 Å². The number of aryl methyl sites for hydroxylation is 3. The molecular formula is C13H18N2. The summed E-state index contributed by atoms with van der Waals surface area (Å²) in [7, 11) is 2.11. The van der Waals surface area contributed by atoms with Crippen molar-refractivity contribution in [2.45, 2.75) is 19.8 Å². The molecule has 0 saturated heterocycles. The second-order valence-electron chi connectivity index (χ2n) is 4.13. The predicted octanol–water partition coefficient (Wildman–Crippen LogP) is 2.38. The molecule has 0 aliphatic rings. The number of aromatic nitrogens is 1. The van der Waals surface area contributed by atoms with Gasteiger partial charge in [-0.3, -0.25) is 0 Å². The fourth-order valence-corrected chi connectivity index (χ4v) is 2.00. The van der Waals surface area contributed by atoms with E-state index in [2.05, 4.69) is 42.8 Å². The van der Waals surface area contributed by atoms with Crippen molar-refractivity contribution in [1.82, 2.24) is 4.57 Å². The molecule has 1 aromatic carbocycles. The molecule has 0 unspecified atom stereocenters. The number of rotatable bonds is 3. The molecule has 0 aliphatic heterocycles. The molecule has 2 nitrogen and oxygen atoms in total. The molecule has 0 amide bonds. The standard InChI is InChI=1S/C13H18N2/c1-10-8-12-9-11(4-3-7-14)5-6-13(12)15(10)2/h5-6,8-9H,3-4,7,14H2,1-2H3. The third kappa shape index (κ3) is 1.90. The molecule has 2 rings (SSSR count). The van der Waals surface area contributed by atoms with Crippen LogP contribution in [0.25, 0.3) is 10.9 Å². The zero-order chi connectivity index (χ0) is 10.8. The van der Waals surface area contributed by atoms with Crippen molar-refractivity contribution in [3.05, 3.63) is 35.5 Å². The lowest BCUT2D eigenvalue weighted by Crippen LogP contribution is -2.00. The summed E-state index contributed by atoms with van der Waals surface area (Å²) in [5.74, 6) is 0. The third-order valence-electron chi connectivity index (χ3n) is 3.02. The van der Waals surface area contributed by atoms with Crippen molar-refractivity contribution < 1.29 is 0 Å². The Balaban J connectivity index is 2.39. The van der Waals surface area contributed by atoms with E-state index in [0.29, 0.717) is 0 Å². The van der Waals surface area contributed by atoms with Crippen LogP contribution in [0.5, 0.6) is 0 Å². The first-order chi connectivity index (χ1) is 7.22. The number of fused-ring (bicyclic) bond motifs is 1. The first-order valence-electron chi connectivity index (χ1n) is 5.47. The van der Waals surface area contributed by atoms with E-state index in [4.69, 9.17) is 5.73 Å². The van der Waals surface area contributed by atoms with Gasteiger partial charge in [0.05, 0.1) is 0 Å². The van der Waals surface area contributed by atoms with Crippen LogP contribution in [-0.4, -0.2) is 11.1 Å². The molecule has 0 bridgehead atoms. The Kier molecular flexibility index (Phi) is 2.78. The smallest absolute Gasteiger partial charge is 0.0479 e. The van der Waals surface area contributed by atoms with Crippen LogP contribution in [0.4, 0.5) is 0 Å². The van der Waals surface area contributed by atoms with E-state index in [-0.39, 0.29) is 0 Å². The van der Waals surface area contributed by atoms with E-state index in [9.17, 15) is 0 Å². The van der Waals surface area contributed by atoms with Crippen LogP contribution in [-0.2, 0) is 13.5 Å². The molecule has 0 atom stereocenters. The van der Waals surface area contributed by atoms with Crippen LogP contribution in [0.3, 0.4) is 0 Å². The molecule has 1 heterocycles. The largest absolute Gasteiger partial charge is 0.348 e. The van der Waals surface area contributed by atoms with E-state index >= 15 is 0 Å². The van der Waals surface area contributed by atoms with Crippen LogP contribution in [0, 0.1) is 6.92 Å². The monoisotopic (exact) mass is 202 g/mol. The van der Waals surface area contributed by atoms with Gasteiger partial charge in [-0.15, -0.1) is 0 Å². The minimum Gasteiger partial charge on any atom is -0.348 e. The first-order valence-corrected chi connectivity index (χ1v) is 5.47. The molecule has 0 spiro atoms. The fraction of sp³-hybridized carbons (Fsp3) is 0.385. The molecule has 0 saturated carbocycles. The van der Waals surface area contributed by atoms with Gasteiger partial charge < -0.3 is 10.3 Å². The van der Waals surface area contributed by atoms with Crippen molar-refractivity contribution in [3.8, 4) is 0 Å². The Morgan fingerprint density at radius 2 is 2.07 bits per heavy atom. The summed E-state index contributed by atoms with van der Waals surface area (Å²) in [5, 5.41) is 1.34. The molecular weight excluding hydrogens is 184 g/mol. The molecule has 0 radical (unpaired) electrons. The number of hydrogen-bond acceptors (Lipinski definition) is 1. The highest BCUT2D eigenvalue weighted by Crippen LogP contribution is 2.20. The Morgan fingerprint density at radius 3 is 2.80 bits per heavy atom. The summed E-state index contributed by atoms with van der Waals surface area (Å²) in [6, 6.07) is 8.92. The summed E-state index contributed by atoms with van der Waals surface area (Å²) in [5.41, 5.74) is 9.52. The minimum absolute atomic E-state index is 0.770. The molecule has 1 aromatic heterocycles. The minimum atomic E-state index is 0.770. The van der Waals surface area contributed by atoms with Gasteiger partial charge in [0.1, 0.15) is 0 Å². The zero-order valence-electron chi connectivity index (χ0n) is 9.46. The normalized spacial score (nSPS) is 11.1. The van der Waals surface area contributed by atoms with Gasteiger partial charge in [0.2, 0.25) is 0 Å². The van der Waals surface area contributed by atoms with E-state index in [1.165, 1.54) is 22.2 Å². The summed E-state index contributed by atoms with van der Waals surface area (Å²) >= 11 is 0. The zero-order valence-corrected chi connectivity index (χ0v) is 9.46. The molecule has 0 fully saturated rings. The van der Waals surface area contributed by atoms with Crippen LogP contribution in [0.1, 0.15) is 17.7 Å². The van der Waals surface area contributed by atoms with Crippen LogP contribution in [0.15, 0.2) is 24.3 Å². The van der Waals surface area contributed by atoms with Crippen molar-refractivity contribution in [2.24, 2.45) is 12.8 Å². The Morgan fingerprint density at radius 1 is 1.27 bits per heavy atom. The number of nitrogens with two attached hydrogens (primary N) is 1. The van der Waals surface area contributed by atoms with Crippen molar-refractivity contribution in [1.29, 1.82) is 0 Å². The summed E-state index contributed by atoms with van der Waals surface area (Å²) in [6.45, 7) is 2.91. The topological polar surface area (TPSA) is 30.9 Å². The van der Waals surface area contributed by atoms with Gasteiger partial charge in [0.25, 0.3) is 0 Å². The van der Waals surface area contributed by atoms with Crippen LogP contribution >= 0.6 is 0 Å². The molecule has 15 heavy (non-hydrogen) atoms. The molecule has 2 aromatic rings. The van der Waals surface area contributed by atoms with Crippen LogP contribution in [0.2, 0.25) is 0 Å². The van der Waals surface area contributed by atoms with Gasteiger partial charge in [-0.1, -0.05) is 6.07 Å². The predicted molar refractivity (Wildman–Crippen MR) is 65.0 cm³/mol. The first kappa shape index (κ1) is 10.2. The van der Waals surface area contributed by atoms with Crippen LogP contribution < -0.4 is 5.73 Å². The number of benzene rings is 1. The lowest BCUT2D eigenvalue weighted by atomic mass is 10.1. The highest BCUT2D eigenvalue weighted by atomic mass is 14.9. The maximum atomic E-state index is 5.51. The van der Waals surface area contributed by atoms with Gasteiger partial charge in [0.15, 0.2) is 0 Å². The average molecular weight is 202 g/mol. The van der Waals surface area contributed by atoms with Gasteiger partial charge in [-0.2, -0.15) is 0 Å². The highest BCUT2D eigenvalue weighted by molar-refractivity contribution is 5.81. The maximum Gasteiger partial charge on any atom is 0.0479 e.